The molecule has 1 aliphatic rings. The van der Waals surface area contributed by atoms with Crippen molar-refractivity contribution >= 4 is 28.7 Å². The second-order valence-electron chi connectivity index (χ2n) is 8.55. The number of hydrogen-bond acceptors (Lipinski definition) is 6. The van der Waals surface area contributed by atoms with E-state index >= 15 is 0 Å². The molecule has 2 heterocycles. The molecule has 176 valence electrons. The molecule has 0 spiro atoms. The molecule has 1 unspecified atom stereocenters. The number of furan rings is 1. The molecule has 2 aromatic carbocycles. The molecule has 1 atom stereocenters. The van der Waals surface area contributed by atoms with Gasteiger partial charge in [0, 0.05) is 16.5 Å². The van der Waals surface area contributed by atoms with Crippen LogP contribution in [-0.4, -0.2) is 22.3 Å². The molecular formula is C27H22N2O6. The molecule has 1 aliphatic carbocycles. The van der Waals surface area contributed by atoms with Gasteiger partial charge in [-0.3, -0.25) is 10.1 Å². The minimum atomic E-state index is -0.844. The van der Waals surface area contributed by atoms with Gasteiger partial charge >= 0.3 is 12.1 Å². The minimum Gasteiger partial charge on any atom is -0.481 e. The van der Waals surface area contributed by atoms with Crippen molar-refractivity contribution < 1.29 is 28.4 Å². The molecule has 0 aliphatic heterocycles. The normalized spacial score (nSPS) is 14.6. The number of aliphatic carboxylic acids is 1. The first-order chi connectivity index (χ1) is 16.9. The van der Waals surface area contributed by atoms with Crippen LogP contribution in [0.2, 0.25) is 0 Å². The molecule has 8 nitrogen and oxygen atoms in total. The third-order valence-corrected chi connectivity index (χ3v) is 6.21. The fraction of sp³-hybridized carbons (Fsp3) is 0.222. The Balaban J connectivity index is 1.33. The maximum Gasteiger partial charge on any atom is 0.412 e. The number of fused-ring (bicyclic) bond motifs is 1. The van der Waals surface area contributed by atoms with Crippen molar-refractivity contribution in [2.75, 3.05) is 5.32 Å². The molecule has 0 radical (unpaired) electrons. The van der Waals surface area contributed by atoms with E-state index in [0.29, 0.717) is 40.9 Å². The SMILES string of the molecule is Cc1noc(C#Cc2ccc3c(C4(C(=O)O)CC4)coc3c2)c1NC(=O)OC(C)c1ccccc1. The van der Waals surface area contributed by atoms with Crippen LogP contribution in [0, 0.1) is 18.8 Å². The summed E-state index contributed by atoms with van der Waals surface area (Å²) in [5.41, 5.74) is 2.72. The zero-order valence-electron chi connectivity index (χ0n) is 19.1. The van der Waals surface area contributed by atoms with Crippen LogP contribution >= 0.6 is 0 Å². The lowest BCUT2D eigenvalue weighted by molar-refractivity contribution is -0.140. The van der Waals surface area contributed by atoms with Crippen molar-refractivity contribution in [3.8, 4) is 11.8 Å². The van der Waals surface area contributed by atoms with E-state index < -0.39 is 23.6 Å². The van der Waals surface area contributed by atoms with Gasteiger partial charge < -0.3 is 18.8 Å². The van der Waals surface area contributed by atoms with Gasteiger partial charge in [-0.25, -0.2) is 4.79 Å². The Kier molecular flexibility index (Phi) is 5.53. The summed E-state index contributed by atoms with van der Waals surface area (Å²) < 4.78 is 16.4. The fourth-order valence-electron chi connectivity index (χ4n) is 4.02. The van der Waals surface area contributed by atoms with Crippen LogP contribution in [0.5, 0.6) is 0 Å². The highest BCUT2D eigenvalue weighted by Crippen LogP contribution is 2.51. The number of carbonyl (C=O) groups excluding carboxylic acids is 1. The monoisotopic (exact) mass is 470 g/mol. The maximum atomic E-state index is 12.5. The number of ether oxygens (including phenoxy) is 1. The Morgan fingerprint density at radius 2 is 1.94 bits per heavy atom. The number of rotatable bonds is 5. The Labute approximate surface area is 200 Å². The molecule has 1 saturated carbocycles. The van der Waals surface area contributed by atoms with Crippen LogP contribution in [-0.2, 0) is 14.9 Å². The zero-order chi connectivity index (χ0) is 24.6. The molecule has 0 bridgehead atoms. The first-order valence-electron chi connectivity index (χ1n) is 11.1. The van der Waals surface area contributed by atoms with Crippen LogP contribution in [0.25, 0.3) is 11.0 Å². The summed E-state index contributed by atoms with van der Waals surface area (Å²) in [6.45, 7) is 3.48. The van der Waals surface area contributed by atoms with E-state index in [-0.39, 0.29) is 5.76 Å². The van der Waals surface area contributed by atoms with Crippen molar-refractivity contribution in [2.24, 2.45) is 0 Å². The van der Waals surface area contributed by atoms with Gasteiger partial charge in [0.25, 0.3) is 0 Å². The Morgan fingerprint density at radius 1 is 1.17 bits per heavy atom. The number of benzene rings is 2. The molecule has 1 amide bonds. The van der Waals surface area contributed by atoms with E-state index in [1.807, 2.05) is 36.4 Å². The van der Waals surface area contributed by atoms with E-state index in [9.17, 15) is 14.7 Å². The maximum absolute atomic E-state index is 12.5. The largest absolute Gasteiger partial charge is 0.481 e. The second-order valence-corrected chi connectivity index (χ2v) is 8.55. The summed E-state index contributed by atoms with van der Waals surface area (Å²) in [5, 5.41) is 16.9. The molecule has 35 heavy (non-hydrogen) atoms. The average molecular weight is 470 g/mol. The summed E-state index contributed by atoms with van der Waals surface area (Å²) in [7, 11) is 0. The quantitative estimate of drug-likeness (QED) is 0.367. The summed E-state index contributed by atoms with van der Waals surface area (Å²) in [6.07, 6.45) is 1.64. The molecule has 2 aromatic heterocycles. The first kappa shape index (κ1) is 22.3. The van der Waals surface area contributed by atoms with E-state index in [0.717, 1.165) is 10.9 Å². The molecular weight excluding hydrogens is 448 g/mol. The Morgan fingerprint density at radius 3 is 2.66 bits per heavy atom. The lowest BCUT2D eigenvalue weighted by atomic mass is 9.95. The van der Waals surface area contributed by atoms with Crippen LogP contribution in [0.15, 0.2) is 63.7 Å². The van der Waals surface area contributed by atoms with E-state index in [2.05, 4.69) is 22.3 Å². The number of anilines is 1. The van der Waals surface area contributed by atoms with Gasteiger partial charge in [-0.15, -0.1) is 0 Å². The van der Waals surface area contributed by atoms with Gasteiger partial charge in [-0.2, -0.15) is 0 Å². The first-order valence-corrected chi connectivity index (χ1v) is 11.1. The van der Waals surface area contributed by atoms with Gasteiger partial charge in [-0.05, 0) is 56.4 Å². The number of hydrogen-bond donors (Lipinski definition) is 2. The van der Waals surface area contributed by atoms with Crippen molar-refractivity contribution in [3.05, 3.63) is 82.9 Å². The number of aryl methyl sites for hydroxylation is 1. The van der Waals surface area contributed by atoms with Gasteiger partial charge in [0.05, 0.1) is 11.7 Å². The summed E-state index contributed by atoms with van der Waals surface area (Å²) in [4.78, 5) is 24.1. The highest BCUT2D eigenvalue weighted by atomic mass is 16.6. The molecule has 0 saturated heterocycles. The van der Waals surface area contributed by atoms with E-state index in [1.54, 1.807) is 26.0 Å². The lowest BCUT2D eigenvalue weighted by Gasteiger charge is -2.13. The smallest absolute Gasteiger partial charge is 0.412 e. The standard InChI is InChI=1S/C27H22N2O6/c1-16-24(28-26(32)34-17(2)19-6-4-3-5-7-19)22(35-29-16)11-9-18-8-10-20-21(15-33-23(20)14-18)27(12-13-27)25(30)31/h3-8,10,14-15,17H,12-13H2,1-2H3,(H,28,32)(H,30,31). The number of amides is 1. The number of aromatic nitrogens is 1. The topological polar surface area (TPSA) is 115 Å². The average Bonchev–Trinajstić information content (AvgIpc) is 3.45. The number of nitrogens with zero attached hydrogens (tertiary/aromatic N) is 1. The van der Waals surface area contributed by atoms with Gasteiger partial charge in [0.2, 0.25) is 5.76 Å². The third-order valence-electron chi connectivity index (χ3n) is 6.21. The van der Waals surface area contributed by atoms with Crippen molar-refractivity contribution in [3.63, 3.8) is 0 Å². The molecule has 1 fully saturated rings. The van der Waals surface area contributed by atoms with E-state index in [1.165, 1.54) is 6.26 Å². The predicted octanol–water partition coefficient (Wildman–Crippen LogP) is 5.55. The van der Waals surface area contributed by atoms with Gasteiger partial charge in [0.1, 0.15) is 23.1 Å². The number of carboxylic acid groups (broad SMARTS) is 1. The van der Waals surface area contributed by atoms with Crippen molar-refractivity contribution in [1.82, 2.24) is 5.16 Å². The van der Waals surface area contributed by atoms with Crippen molar-refractivity contribution in [1.29, 1.82) is 0 Å². The minimum absolute atomic E-state index is 0.190. The summed E-state index contributed by atoms with van der Waals surface area (Å²) >= 11 is 0. The third kappa shape index (κ3) is 4.24. The fourth-order valence-corrected chi connectivity index (χ4v) is 4.02. The molecule has 4 aromatic rings. The van der Waals surface area contributed by atoms with Crippen LogP contribution < -0.4 is 5.32 Å². The molecule has 2 N–H and O–H groups in total. The predicted molar refractivity (Wildman–Crippen MR) is 127 cm³/mol. The van der Waals surface area contributed by atoms with Crippen LogP contribution in [0.4, 0.5) is 10.5 Å². The Hall–Kier alpha value is -4.51. The van der Waals surface area contributed by atoms with Crippen molar-refractivity contribution in [2.45, 2.75) is 38.2 Å². The summed E-state index contributed by atoms with van der Waals surface area (Å²) in [5.74, 6) is 5.23. The highest BCUT2D eigenvalue weighted by Gasteiger charge is 2.53. The van der Waals surface area contributed by atoms with Gasteiger partial charge in [-0.1, -0.05) is 41.4 Å². The number of carboxylic acids is 1. The van der Waals surface area contributed by atoms with Crippen LogP contribution in [0.3, 0.4) is 0 Å². The second kappa shape index (κ2) is 8.69. The van der Waals surface area contributed by atoms with Gasteiger partial charge in [0.15, 0.2) is 0 Å². The zero-order valence-corrected chi connectivity index (χ0v) is 19.1. The lowest BCUT2D eigenvalue weighted by Crippen LogP contribution is -2.18. The highest BCUT2D eigenvalue weighted by molar-refractivity contribution is 5.93. The molecule has 8 heteroatoms. The Bertz CT molecular complexity index is 1480. The summed E-state index contributed by atoms with van der Waals surface area (Å²) in [6, 6.07) is 14.8. The molecule has 5 rings (SSSR count). The van der Waals surface area contributed by atoms with Crippen LogP contribution in [0.1, 0.15) is 54.0 Å². The van der Waals surface area contributed by atoms with E-state index in [4.69, 9.17) is 13.7 Å². The number of nitrogens with one attached hydrogen (secondary N) is 1. The number of carbonyl (C=O) groups is 2.